The lowest BCUT2D eigenvalue weighted by molar-refractivity contribution is -0.143. The zero-order valence-corrected chi connectivity index (χ0v) is 13.3. The number of likely N-dealkylation sites (tertiary alicyclic amines) is 1. The lowest BCUT2D eigenvalue weighted by Gasteiger charge is -2.39. The van der Waals surface area contributed by atoms with E-state index >= 15 is 0 Å². The van der Waals surface area contributed by atoms with Crippen molar-refractivity contribution in [3.63, 3.8) is 0 Å². The fourth-order valence-electron chi connectivity index (χ4n) is 3.36. The summed E-state index contributed by atoms with van der Waals surface area (Å²) < 4.78 is 0. The van der Waals surface area contributed by atoms with Crippen molar-refractivity contribution in [1.29, 1.82) is 0 Å². The van der Waals surface area contributed by atoms with Crippen molar-refractivity contribution < 1.29 is 14.7 Å². The van der Waals surface area contributed by atoms with E-state index in [4.69, 9.17) is 5.11 Å². The lowest BCUT2D eigenvalue weighted by Crippen LogP contribution is -2.56. The van der Waals surface area contributed by atoms with E-state index in [0.29, 0.717) is 38.1 Å². The first-order chi connectivity index (χ1) is 9.91. The number of piperazine rings is 1. The Morgan fingerprint density at radius 3 is 2.19 bits per heavy atom. The van der Waals surface area contributed by atoms with Crippen molar-refractivity contribution in [2.45, 2.75) is 45.7 Å². The maximum absolute atomic E-state index is 12.6. The minimum absolute atomic E-state index is 0.133. The van der Waals surface area contributed by atoms with E-state index in [2.05, 4.69) is 13.8 Å². The molecule has 1 N–H and O–H groups in total. The highest BCUT2D eigenvalue weighted by Crippen LogP contribution is 2.25. The van der Waals surface area contributed by atoms with Crippen LogP contribution in [0.2, 0.25) is 0 Å². The summed E-state index contributed by atoms with van der Waals surface area (Å²) >= 11 is 0. The Morgan fingerprint density at radius 2 is 1.67 bits per heavy atom. The van der Waals surface area contributed by atoms with Crippen molar-refractivity contribution in [2.24, 2.45) is 5.92 Å². The molecule has 2 fully saturated rings. The minimum atomic E-state index is -0.797. The highest BCUT2D eigenvalue weighted by molar-refractivity contribution is 5.75. The average Bonchev–Trinajstić information content (AvgIpc) is 2.95. The number of hydrogen-bond acceptors (Lipinski definition) is 3. The van der Waals surface area contributed by atoms with Gasteiger partial charge in [0.15, 0.2) is 0 Å². The minimum Gasteiger partial charge on any atom is -0.480 e. The van der Waals surface area contributed by atoms with Crippen LogP contribution >= 0.6 is 0 Å². The molecule has 0 radical (unpaired) electrons. The Labute approximate surface area is 126 Å². The van der Waals surface area contributed by atoms with E-state index in [1.807, 2.05) is 14.7 Å². The molecule has 0 aromatic heterocycles. The van der Waals surface area contributed by atoms with E-state index in [9.17, 15) is 9.59 Å². The third kappa shape index (κ3) is 3.48. The summed E-state index contributed by atoms with van der Waals surface area (Å²) in [6.07, 6.45) is 2.18. The summed E-state index contributed by atoms with van der Waals surface area (Å²) in [5.74, 6) is -0.307. The SMILES string of the molecule is CC(C)C1CCCN1C(=O)N1CCN(C(C)C(=O)O)CC1. The first-order valence-electron chi connectivity index (χ1n) is 7.94. The van der Waals surface area contributed by atoms with E-state index in [-0.39, 0.29) is 6.03 Å². The summed E-state index contributed by atoms with van der Waals surface area (Å²) in [6.45, 7) is 9.42. The number of aliphatic carboxylic acids is 1. The second-order valence-electron chi connectivity index (χ2n) is 6.47. The summed E-state index contributed by atoms with van der Waals surface area (Å²) in [4.78, 5) is 29.5. The quantitative estimate of drug-likeness (QED) is 0.853. The number of rotatable bonds is 3. The number of amides is 2. The Bertz CT molecular complexity index is 392. The van der Waals surface area contributed by atoms with Crippen LogP contribution < -0.4 is 0 Å². The molecule has 0 bridgehead atoms. The molecule has 0 aliphatic carbocycles. The van der Waals surface area contributed by atoms with Crippen LogP contribution in [0.15, 0.2) is 0 Å². The molecule has 2 heterocycles. The van der Waals surface area contributed by atoms with E-state index in [0.717, 1.165) is 19.4 Å². The molecule has 0 saturated carbocycles. The van der Waals surface area contributed by atoms with Crippen LogP contribution in [0.1, 0.15) is 33.6 Å². The van der Waals surface area contributed by atoms with Crippen molar-refractivity contribution >= 4 is 12.0 Å². The fraction of sp³-hybridized carbons (Fsp3) is 0.867. The molecule has 0 aromatic rings. The van der Waals surface area contributed by atoms with Gasteiger partial charge in [0.1, 0.15) is 6.04 Å². The number of carboxylic acid groups (broad SMARTS) is 1. The van der Waals surface area contributed by atoms with Gasteiger partial charge in [-0.1, -0.05) is 13.8 Å². The molecule has 2 saturated heterocycles. The number of urea groups is 1. The molecule has 0 spiro atoms. The largest absolute Gasteiger partial charge is 0.480 e. The van der Waals surface area contributed by atoms with Gasteiger partial charge in [0.2, 0.25) is 0 Å². The second kappa shape index (κ2) is 6.64. The van der Waals surface area contributed by atoms with Gasteiger partial charge in [-0.2, -0.15) is 0 Å². The highest BCUT2D eigenvalue weighted by atomic mass is 16.4. The van der Waals surface area contributed by atoms with Crippen molar-refractivity contribution in [3.8, 4) is 0 Å². The molecule has 2 unspecified atom stereocenters. The third-order valence-corrected chi connectivity index (χ3v) is 4.80. The molecule has 2 atom stereocenters. The maximum atomic E-state index is 12.6. The fourth-order valence-corrected chi connectivity index (χ4v) is 3.36. The van der Waals surface area contributed by atoms with Gasteiger partial charge >= 0.3 is 12.0 Å². The maximum Gasteiger partial charge on any atom is 0.320 e. The van der Waals surface area contributed by atoms with Gasteiger partial charge in [0, 0.05) is 38.8 Å². The first kappa shape index (κ1) is 16.1. The molecule has 2 rings (SSSR count). The van der Waals surface area contributed by atoms with E-state index in [1.165, 1.54) is 0 Å². The van der Waals surface area contributed by atoms with Gasteiger partial charge in [-0.15, -0.1) is 0 Å². The van der Waals surface area contributed by atoms with Crippen LogP contribution in [0.25, 0.3) is 0 Å². The predicted octanol–water partition coefficient (Wildman–Crippen LogP) is 1.32. The molecular weight excluding hydrogens is 270 g/mol. The average molecular weight is 297 g/mol. The van der Waals surface area contributed by atoms with Crippen LogP contribution in [-0.4, -0.2) is 76.6 Å². The number of hydrogen-bond donors (Lipinski definition) is 1. The molecule has 21 heavy (non-hydrogen) atoms. The Morgan fingerprint density at radius 1 is 1.05 bits per heavy atom. The van der Waals surface area contributed by atoms with Gasteiger partial charge < -0.3 is 14.9 Å². The van der Waals surface area contributed by atoms with Gasteiger partial charge in [0.25, 0.3) is 0 Å². The summed E-state index contributed by atoms with van der Waals surface area (Å²) in [7, 11) is 0. The van der Waals surface area contributed by atoms with Crippen molar-refractivity contribution in [1.82, 2.24) is 14.7 Å². The Hall–Kier alpha value is -1.30. The highest BCUT2D eigenvalue weighted by Gasteiger charge is 2.35. The Kier molecular flexibility index (Phi) is 5.08. The second-order valence-corrected chi connectivity index (χ2v) is 6.47. The van der Waals surface area contributed by atoms with Crippen LogP contribution in [-0.2, 0) is 4.79 Å². The molecule has 6 heteroatoms. The monoisotopic (exact) mass is 297 g/mol. The predicted molar refractivity (Wildman–Crippen MR) is 80.2 cm³/mol. The molecule has 2 aliphatic heterocycles. The van der Waals surface area contributed by atoms with E-state index in [1.54, 1.807) is 6.92 Å². The van der Waals surface area contributed by atoms with Gasteiger partial charge in [-0.05, 0) is 25.7 Å². The number of carbonyl (C=O) groups excluding carboxylic acids is 1. The molecule has 2 aliphatic rings. The van der Waals surface area contributed by atoms with Crippen LogP contribution in [0.4, 0.5) is 4.79 Å². The number of carbonyl (C=O) groups is 2. The standard InChI is InChI=1S/C15H27N3O3/c1-11(2)13-5-4-6-18(13)15(21)17-9-7-16(8-10-17)12(3)14(19)20/h11-13H,4-10H2,1-3H3,(H,19,20). The summed E-state index contributed by atoms with van der Waals surface area (Å²) in [5, 5.41) is 9.05. The Balaban J connectivity index is 1.90. The van der Waals surface area contributed by atoms with Gasteiger partial charge in [0.05, 0.1) is 0 Å². The summed E-state index contributed by atoms with van der Waals surface area (Å²) in [5.41, 5.74) is 0. The zero-order chi connectivity index (χ0) is 15.6. The molecule has 6 nitrogen and oxygen atoms in total. The van der Waals surface area contributed by atoms with Crippen molar-refractivity contribution in [3.05, 3.63) is 0 Å². The van der Waals surface area contributed by atoms with Crippen LogP contribution in [0.3, 0.4) is 0 Å². The molecule has 0 aromatic carbocycles. The molecule has 120 valence electrons. The molecular formula is C15H27N3O3. The van der Waals surface area contributed by atoms with Crippen LogP contribution in [0.5, 0.6) is 0 Å². The zero-order valence-electron chi connectivity index (χ0n) is 13.3. The normalized spacial score (nSPS) is 25.4. The summed E-state index contributed by atoms with van der Waals surface area (Å²) in [6, 6.07) is 0.0137. The third-order valence-electron chi connectivity index (χ3n) is 4.80. The number of carboxylic acids is 1. The van der Waals surface area contributed by atoms with Crippen molar-refractivity contribution in [2.75, 3.05) is 32.7 Å². The number of nitrogens with zero attached hydrogens (tertiary/aromatic N) is 3. The molecule has 2 amide bonds. The lowest BCUT2D eigenvalue weighted by atomic mass is 10.0. The topological polar surface area (TPSA) is 64.1 Å². The van der Waals surface area contributed by atoms with Gasteiger partial charge in [-0.3, -0.25) is 9.69 Å². The first-order valence-corrected chi connectivity index (χ1v) is 7.94. The van der Waals surface area contributed by atoms with Gasteiger partial charge in [-0.25, -0.2) is 4.79 Å². The van der Waals surface area contributed by atoms with E-state index < -0.39 is 12.0 Å². The smallest absolute Gasteiger partial charge is 0.320 e. The van der Waals surface area contributed by atoms with Crippen LogP contribution in [0, 0.1) is 5.92 Å².